The zero-order valence-corrected chi connectivity index (χ0v) is 11.3. The number of carbonyl (C=O) groups excluding carboxylic acids is 1. The van der Waals surface area contributed by atoms with Crippen LogP contribution in [0, 0.1) is 24.2 Å². The Labute approximate surface area is 111 Å². The van der Waals surface area contributed by atoms with Gasteiger partial charge in [-0.3, -0.25) is 0 Å². The molecule has 1 fully saturated rings. The number of nitrogens with one attached hydrogen (secondary N) is 1. The number of nitrogens with zero attached hydrogens (tertiary/aromatic N) is 2. The SMILES string of the molecule is Cc1ccsc1CNC(=O)N1CCCC(C#N)C1. The van der Waals surface area contributed by atoms with Crippen molar-refractivity contribution in [3.8, 4) is 6.07 Å². The third-order valence-corrected chi connectivity index (χ3v) is 4.28. The Kier molecular flexibility index (Phi) is 4.21. The lowest BCUT2D eigenvalue weighted by Crippen LogP contribution is -2.45. The summed E-state index contributed by atoms with van der Waals surface area (Å²) in [7, 11) is 0. The first-order valence-corrected chi connectivity index (χ1v) is 7.04. The summed E-state index contributed by atoms with van der Waals surface area (Å²) in [5.74, 6) is -0.00651. The summed E-state index contributed by atoms with van der Waals surface area (Å²) in [6.45, 7) is 3.94. The number of hydrogen-bond acceptors (Lipinski definition) is 3. The van der Waals surface area contributed by atoms with Crippen molar-refractivity contribution < 1.29 is 4.79 Å². The lowest BCUT2D eigenvalue weighted by atomic mass is 10.0. The molecule has 2 heterocycles. The van der Waals surface area contributed by atoms with E-state index in [0.717, 1.165) is 19.4 Å². The zero-order chi connectivity index (χ0) is 13.0. The van der Waals surface area contributed by atoms with Gasteiger partial charge in [-0.25, -0.2) is 4.79 Å². The van der Waals surface area contributed by atoms with Crippen LogP contribution in [0.3, 0.4) is 0 Å². The smallest absolute Gasteiger partial charge is 0.317 e. The zero-order valence-electron chi connectivity index (χ0n) is 10.5. The van der Waals surface area contributed by atoms with E-state index in [-0.39, 0.29) is 11.9 Å². The van der Waals surface area contributed by atoms with E-state index in [9.17, 15) is 4.79 Å². The highest BCUT2D eigenvalue weighted by Gasteiger charge is 2.23. The van der Waals surface area contributed by atoms with Crippen LogP contribution in [0.25, 0.3) is 0 Å². The molecule has 2 rings (SSSR count). The Morgan fingerprint density at radius 3 is 3.22 bits per heavy atom. The van der Waals surface area contributed by atoms with Crippen LogP contribution < -0.4 is 5.32 Å². The molecule has 1 aliphatic heterocycles. The number of urea groups is 1. The molecule has 0 bridgehead atoms. The molecule has 0 aliphatic carbocycles. The van der Waals surface area contributed by atoms with Crippen molar-refractivity contribution in [1.82, 2.24) is 10.2 Å². The van der Waals surface area contributed by atoms with Gasteiger partial charge in [0.1, 0.15) is 0 Å². The van der Waals surface area contributed by atoms with Gasteiger partial charge in [-0.05, 0) is 36.8 Å². The fraction of sp³-hybridized carbons (Fsp3) is 0.538. The molecule has 1 aromatic heterocycles. The van der Waals surface area contributed by atoms with Gasteiger partial charge >= 0.3 is 6.03 Å². The molecule has 1 aliphatic rings. The van der Waals surface area contributed by atoms with Crippen LogP contribution in [0.1, 0.15) is 23.3 Å². The Balaban J connectivity index is 1.85. The molecule has 1 unspecified atom stereocenters. The van der Waals surface area contributed by atoms with Crippen molar-refractivity contribution >= 4 is 17.4 Å². The van der Waals surface area contributed by atoms with Gasteiger partial charge in [0.2, 0.25) is 0 Å². The molecule has 96 valence electrons. The van der Waals surface area contributed by atoms with Gasteiger partial charge in [-0.15, -0.1) is 11.3 Å². The minimum Gasteiger partial charge on any atom is -0.333 e. The summed E-state index contributed by atoms with van der Waals surface area (Å²) in [5, 5.41) is 13.9. The Hall–Kier alpha value is -1.54. The summed E-state index contributed by atoms with van der Waals surface area (Å²) in [4.78, 5) is 14.9. The second kappa shape index (κ2) is 5.87. The maximum absolute atomic E-state index is 12.0. The first kappa shape index (κ1) is 12.9. The quantitative estimate of drug-likeness (QED) is 0.891. The number of piperidine rings is 1. The Morgan fingerprint density at radius 1 is 1.72 bits per heavy atom. The molecule has 0 radical (unpaired) electrons. The van der Waals surface area contributed by atoms with Crippen LogP contribution in [-0.2, 0) is 6.54 Å². The number of thiophene rings is 1. The predicted octanol–water partition coefficient (Wildman–Crippen LogP) is 2.50. The number of carbonyl (C=O) groups is 1. The molecule has 0 spiro atoms. The van der Waals surface area contributed by atoms with Crippen molar-refractivity contribution in [2.24, 2.45) is 5.92 Å². The normalized spacial score (nSPS) is 19.3. The highest BCUT2D eigenvalue weighted by atomic mass is 32.1. The van der Waals surface area contributed by atoms with Gasteiger partial charge < -0.3 is 10.2 Å². The number of rotatable bonds is 2. The molecule has 0 saturated carbocycles. The Morgan fingerprint density at radius 2 is 2.56 bits per heavy atom. The molecule has 5 heteroatoms. The molecule has 1 N–H and O–H groups in total. The van der Waals surface area contributed by atoms with E-state index in [1.807, 2.05) is 12.3 Å². The first-order chi connectivity index (χ1) is 8.70. The summed E-state index contributed by atoms with van der Waals surface area (Å²) in [6.07, 6.45) is 1.83. The summed E-state index contributed by atoms with van der Waals surface area (Å²) >= 11 is 1.66. The average molecular weight is 263 g/mol. The second-order valence-electron chi connectivity index (χ2n) is 4.60. The van der Waals surface area contributed by atoms with E-state index in [1.165, 1.54) is 10.4 Å². The van der Waals surface area contributed by atoms with Crippen LogP contribution in [-0.4, -0.2) is 24.0 Å². The van der Waals surface area contributed by atoms with Crippen molar-refractivity contribution in [2.75, 3.05) is 13.1 Å². The minimum absolute atomic E-state index is 0.00651. The van der Waals surface area contributed by atoms with Gasteiger partial charge in [0, 0.05) is 18.0 Å². The van der Waals surface area contributed by atoms with E-state index < -0.39 is 0 Å². The molecule has 2 amide bonds. The second-order valence-corrected chi connectivity index (χ2v) is 5.60. The molecule has 1 saturated heterocycles. The molecular formula is C13H17N3OS. The van der Waals surface area contributed by atoms with Gasteiger partial charge in [0.25, 0.3) is 0 Å². The van der Waals surface area contributed by atoms with E-state index in [4.69, 9.17) is 5.26 Å². The van der Waals surface area contributed by atoms with Gasteiger partial charge in [-0.2, -0.15) is 5.26 Å². The molecule has 1 atom stereocenters. The van der Waals surface area contributed by atoms with E-state index in [0.29, 0.717) is 13.1 Å². The highest BCUT2D eigenvalue weighted by Crippen LogP contribution is 2.17. The van der Waals surface area contributed by atoms with Crippen molar-refractivity contribution in [1.29, 1.82) is 5.26 Å². The largest absolute Gasteiger partial charge is 0.333 e. The highest BCUT2D eigenvalue weighted by molar-refractivity contribution is 7.10. The first-order valence-electron chi connectivity index (χ1n) is 6.16. The van der Waals surface area contributed by atoms with Crippen molar-refractivity contribution in [3.63, 3.8) is 0 Å². The average Bonchev–Trinajstić information content (AvgIpc) is 2.81. The monoisotopic (exact) mass is 263 g/mol. The number of nitriles is 1. The summed E-state index contributed by atoms with van der Waals surface area (Å²) in [5.41, 5.74) is 1.22. The summed E-state index contributed by atoms with van der Waals surface area (Å²) in [6, 6.07) is 4.25. The third-order valence-electron chi connectivity index (χ3n) is 3.26. The summed E-state index contributed by atoms with van der Waals surface area (Å²) < 4.78 is 0. The maximum Gasteiger partial charge on any atom is 0.317 e. The number of amides is 2. The van der Waals surface area contributed by atoms with Crippen molar-refractivity contribution in [3.05, 3.63) is 21.9 Å². The van der Waals surface area contributed by atoms with E-state index in [1.54, 1.807) is 16.2 Å². The minimum atomic E-state index is -0.0530. The third kappa shape index (κ3) is 3.02. The van der Waals surface area contributed by atoms with E-state index in [2.05, 4.69) is 17.5 Å². The van der Waals surface area contributed by atoms with Gasteiger partial charge in [0.15, 0.2) is 0 Å². The van der Waals surface area contributed by atoms with Crippen LogP contribution in [0.2, 0.25) is 0 Å². The number of hydrogen-bond donors (Lipinski definition) is 1. The number of aryl methyl sites for hydroxylation is 1. The Bertz CT molecular complexity index is 463. The van der Waals surface area contributed by atoms with Crippen LogP contribution in [0.4, 0.5) is 4.79 Å². The number of likely N-dealkylation sites (tertiary alicyclic amines) is 1. The topological polar surface area (TPSA) is 56.1 Å². The standard InChI is InChI=1S/C13H17N3OS/c1-10-4-6-18-12(10)8-15-13(17)16-5-2-3-11(7-14)9-16/h4,6,11H,2-3,5,8-9H2,1H3,(H,15,17). The van der Waals surface area contributed by atoms with Crippen LogP contribution in [0.15, 0.2) is 11.4 Å². The predicted molar refractivity (Wildman–Crippen MR) is 71.2 cm³/mol. The van der Waals surface area contributed by atoms with Crippen molar-refractivity contribution in [2.45, 2.75) is 26.3 Å². The van der Waals surface area contributed by atoms with Gasteiger partial charge in [-0.1, -0.05) is 0 Å². The lowest BCUT2D eigenvalue weighted by molar-refractivity contribution is 0.176. The fourth-order valence-corrected chi connectivity index (χ4v) is 2.97. The van der Waals surface area contributed by atoms with Crippen LogP contribution >= 0.6 is 11.3 Å². The lowest BCUT2D eigenvalue weighted by Gasteiger charge is -2.29. The van der Waals surface area contributed by atoms with Gasteiger partial charge in [0.05, 0.1) is 18.5 Å². The molecule has 4 nitrogen and oxygen atoms in total. The van der Waals surface area contributed by atoms with E-state index >= 15 is 0 Å². The maximum atomic E-state index is 12.0. The molecule has 18 heavy (non-hydrogen) atoms. The van der Waals surface area contributed by atoms with Crippen LogP contribution in [0.5, 0.6) is 0 Å². The fourth-order valence-electron chi connectivity index (χ4n) is 2.12. The molecular weight excluding hydrogens is 246 g/mol. The molecule has 0 aromatic carbocycles. The molecule has 1 aromatic rings.